The van der Waals surface area contributed by atoms with Crippen LogP contribution in [-0.4, -0.2) is 15.9 Å². The van der Waals surface area contributed by atoms with Gasteiger partial charge in [-0.1, -0.05) is 35.3 Å². The molecule has 158 valence electrons. The number of furan rings is 1. The van der Waals surface area contributed by atoms with Crippen LogP contribution < -0.4 is 10.6 Å². The van der Waals surface area contributed by atoms with Crippen molar-refractivity contribution in [3.05, 3.63) is 86.1 Å². The van der Waals surface area contributed by atoms with Gasteiger partial charge < -0.3 is 9.73 Å². The molecule has 2 aromatic carbocycles. The van der Waals surface area contributed by atoms with E-state index in [1.165, 1.54) is 30.4 Å². The minimum absolute atomic E-state index is 0.102. The van der Waals surface area contributed by atoms with Gasteiger partial charge in [-0.2, -0.15) is 0 Å². The number of rotatable bonds is 5. The third kappa shape index (κ3) is 5.91. The number of aryl methyl sites for hydroxylation is 1. The van der Waals surface area contributed by atoms with E-state index in [2.05, 4.69) is 10.6 Å². The lowest BCUT2D eigenvalue weighted by Crippen LogP contribution is -2.33. The molecule has 0 bridgehead atoms. The number of amides is 1. The van der Waals surface area contributed by atoms with Gasteiger partial charge in [-0.25, -0.2) is 0 Å². The van der Waals surface area contributed by atoms with Crippen LogP contribution >= 0.6 is 35.4 Å². The predicted octanol–water partition coefficient (Wildman–Crippen LogP) is 6.00. The number of hydrogen-bond donors (Lipinski definition) is 2. The smallest absolute Gasteiger partial charge is 0.294 e. The fraction of sp³-hybridized carbons (Fsp3) is 0.0476. The molecule has 0 radical (unpaired) electrons. The van der Waals surface area contributed by atoms with Gasteiger partial charge in [-0.15, -0.1) is 0 Å². The van der Waals surface area contributed by atoms with Crippen molar-refractivity contribution in [2.75, 3.05) is 5.32 Å². The van der Waals surface area contributed by atoms with E-state index in [1.807, 2.05) is 19.1 Å². The number of nitro benzene ring substituents is 1. The SMILES string of the molecule is Cc1ccc(-c2ccc(/C=C/C(=O)NC(=S)Nc3ccc(Cl)cc3[N+](=O)[O-])o2)cc1Cl. The second kappa shape index (κ2) is 9.74. The molecule has 31 heavy (non-hydrogen) atoms. The summed E-state index contributed by atoms with van der Waals surface area (Å²) in [5, 5.41) is 16.9. The van der Waals surface area contributed by atoms with E-state index in [0.717, 1.165) is 11.1 Å². The van der Waals surface area contributed by atoms with Crippen LogP contribution in [0.15, 0.2) is 59.0 Å². The van der Waals surface area contributed by atoms with E-state index in [1.54, 1.807) is 18.2 Å². The summed E-state index contributed by atoms with van der Waals surface area (Å²) in [6.45, 7) is 1.91. The Morgan fingerprint density at radius 2 is 1.94 bits per heavy atom. The monoisotopic (exact) mass is 475 g/mol. The van der Waals surface area contributed by atoms with E-state index in [-0.39, 0.29) is 21.5 Å². The summed E-state index contributed by atoms with van der Waals surface area (Å²) in [7, 11) is 0. The Morgan fingerprint density at radius 3 is 2.65 bits per heavy atom. The van der Waals surface area contributed by atoms with Crippen molar-refractivity contribution in [3.63, 3.8) is 0 Å². The molecule has 1 amide bonds. The van der Waals surface area contributed by atoms with Gasteiger partial charge in [0.2, 0.25) is 5.91 Å². The average Bonchev–Trinajstić information content (AvgIpc) is 3.18. The zero-order chi connectivity index (χ0) is 22.5. The van der Waals surface area contributed by atoms with E-state index >= 15 is 0 Å². The molecular weight excluding hydrogens is 461 g/mol. The van der Waals surface area contributed by atoms with Crippen LogP contribution in [0.1, 0.15) is 11.3 Å². The minimum atomic E-state index is -0.603. The maximum Gasteiger partial charge on any atom is 0.294 e. The number of anilines is 1. The molecular formula is C21H15Cl2N3O4S. The first kappa shape index (κ1) is 22.5. The normalized spacial score (nSPS) is 10.8. The molecule has 0 aliphatic heterocycles. The van der Waals surface area contributed by atoms with Gasteiger partial charge in [0.25, 0.3) is 5.69 Å². The Bertz CT molecular complexity index is 1210. The first-order chi connectivity index (χ1) is 14.7. The number of carbonyl (C=O) groups is 1. The van der Waals surface area contributed by atoms with Gasteiger partial charge in [-0.05, 0) is 61.1 Å². The zero-order valence-corrected chi connectivity index (χ0v) is 18.3. The molecule has 1 aromatic heterocycles. The topological polar surface area (TPSA) is 97.4 Å². The molecule has 3 rings (SSSR count). The summed E-state index contributed by atoms with van der Waals surface area (Å²) in [5.41, 5.74) is 1.62. The molecule has 1 heterocycles. The van der Waals surface area contributed by atoms with Crippen LogP contribution in [-0.2, 0) is 4.79 Å². The van der Waals surface area contributed by atoms with Crippen LogP contribution in [0.25, 0.3) is 17.4 Å². The van der Waals surface area contributed by atoms with Crippen molar-refractivity contribution >= 4 is 63.9 Å². The quantitative estimate of drug-likeness (QED) is 0.203. The van der Waals surface area contributed by atoms with Crippen molar-refractivity contribution in [1.29, 1.82) is 0 Å². The number of halogens is 2. The fourth-order valence-corrected chi connectivity index (χ4v) is 3.13. The highest BCUT2D eigenvalue weighted by molar-refractivity contribution is 7.80. The van der Waals surface area contributed by atoms with Gasteiger partial charge >= 0.3 is 0 Å². The molecule has 2 N–H and O–H groups in total. The van der Waals surface area contributed by atoms with E-state index < -0.39 is 10.8 Å². The van der Waals surface area contributed by atoms with E-state index in [9.17, 15) is 14.9 Å². The first-order valence-corrected chi connectivity index (χ1v) is 9.99. The van der Waals surface area contributed by atoms with Crippen molar-refractivity contribution in [2.24, 2.45) is 0 Å². The Labute approximate surface area is 192 Å². The van der Waals surface area contributed by atoms with E-state index in [0.29, 0.717) is 16.5 Å². The van der Waals surface area contributed by atoms with Crippen molar-refractivity contribution in [1.82, 2.24) is 5.32 Å². The molecule has 0 spiro atoms. The number of nitrogens with one attached hydrogen (secondary N) is 2. The van der Waals surface area contributed by atoms with Crippen LogP contribution in [0.2, 0.25) is 10.0 Å². The molecule has 3 aromatic rings. The molecule has 0 aliphatic carbocycles. The summed E-state index contributed by atoms with van der Waals surface area (Å²) in [4.78, 5) is 22.6. The standard InChI is InChI=1S/C21H15Cl2N3O4S/c1-12-2-3-13(10-16(12)23)19-8-5-15(30-19)6-9-20(27)25-21(31)24-17-7-4-14(22)11-18(17)26(28)29/h2-11H,1H3,(H2,24,25,27,31)/b9-6+. The number of nitro groups is 1. The molecule has 0 saturated heterocycles. The minimum Gasteiger partial charge on any atom is -0.457 e. The lowest BCUT2D eigenvalue weighted by Gasteiger charge is -2.08. The fourth-order valence-electron chi connectivity index (χ4n) is 2.57. The second-order valence-corrected chi connectivity index (χ2v) is 7.61. The maximum atomic E-state index is 12.1. The average molecular weight is 476 g/mol. The highest BCUT2D eigenvalue weighted by Gasteiger charge is 2.15. The summed E-state index contributed by atoms with van der Waals surface area (Å²) in [6, 6.07) is 13.1. The maximum absolute atomic E-state index is 12.1. The Balaban J connectivity index is 1.62. The number of carbonyl (C=O) groups excluding carboxylic acids is 1. The second-order valence-electron chi connectivity index (χ2n) is 6.36. The van der Waals surface area contributed by atoms with E-state index in [4.69, 9.17) is 39.8 Å². The highest BCUT2D eigenvalue weighted by Crippen LogP contribution is 2.28. The Kier molecular flexibility index (Phi) is 7.06. The Hall–Kier alpha value is -3.20. The molecule has 0 atom stereocenters. The summed E-state index contributed by atoms with van der Waals surface area (Å²) < 4.78 is 5.71. The summed E-state index contributed by atoms with van der Waals surface area (Å²) in [6.07, 6.45) is 2.71. The van der Waals surface area contributed by atoms with Gasteiger partial charge in [0.1, 0.15) is 17.2 Å². The van der Waals surface area contributed by atoms with Crippen LogP contribution in [0.4, 0.5) is 11.4 Å². The van der Waals surface area contributed by atoms with Crippen molar-refractivity contribution in [3.8, 4) is 11.3 Å². The molecule has 7 nitrogen and oxygen atoms in total. The largest absolute Gasteiger partial charge is 0.457 e. The third-order valence-corrected chi connectivity index (χ3v) is 4.97. The summed E-state index contributed by atoms with van der Waals surface area (Å²) in [5.74, 6) is 0.522. The first-order valence-electron chi connectivity index (χ1n) is 8.83. The van der Waals surface area contributed by atoms with Crippen molar-refractivity contribution < 1.29 is 14.1 Å². The lowest BCUT2D eigenvalue weighted by atomic mass is 10.1. The van der Waals surface area contributed by atoms with Gasteiger partial charge in [0.05, 0.1) is 4.92 Å². The molecule has 0 fully saturated rings. The van der Waals surface area contributed by atoms with Gasteiger partial charge in [0.15, 0.2) is 5.11 Å². The Morgan fingerprint density at radius 1 is 1.16 bits per heavy atom. The highest BCUT2D eigenvalue weighted by atomic mass is 35.5. The van der Waals surface area contributed by atoms with Gasteiger partial charge in [-0.3, -0.25) is 20.2 Å². The molecule has 0 unspecified atom stereocenters. The van der Waals surface area contributed by atoms with Gasteiger partial charge in [0, 0.05) is 27.8 Å². The van der Waals surface area contributed by atoms with Crippen LogP contribution in [0.5, 0.6) is 0 Å². The van der Waals surface area contributed by atoms with Crippen LogP contribution in [0, 0.1) is 17.0 Å². The molecule has 0 aliphatic rings. The zero-order valence-electron chi connectivity index (χ0n) is 16.0. The lowest BCUT2D eigenvalue weighted by molar-refractivity contribution is -0.383. The summed E-state index contributed by atoms with van der Waals surface area (Å²) >= 11 is 17.0. The third-order valence-electron chi connectivity index (χ3n) is 4.12. The molecule has 0 saturated carbocycles. The number of benzene rings is 2. The molecule has 10 heteroatoms. The van der Waals surface area contributed by atoms with Crippen molar-refractivity contribution in [2.45, 2.75) is 6.92 Å². The van der Waals surface area contributed by atoms with Crippen LogP contribution in [0.3, 0.4) is 0 Å². The number of thiocarbonyl (C=S) groups is 1. The predicted molar refractivity (Wildman–Crippen MR) is 125 cm³/mol. The number of nitrogens with zero attached hydrogens (tertiary/aromatic N) is 1. The number of hydrogen-bond acceptors (Lipinski definition) is 5.